The summed E-state index contributed by atoms with van der Waals surface area (Å²) in [5.74, 6) is 6.02. The number of hydrogen-bond donors (Lipinski definition) is 0. The normalized spacial score (nSPS) is 21.3. The minimum Gasteiger partial charge on any atom is -0.353 e. The van der Waals surface area contributed by atoms with Gasteiger partial charge in [0.25, 0.3) is 0 Å². The molecule has 1 aliphatic rings. The third kappa shape index (κ3) is 6.33. The van der Waals surface area contributed by atoms with Crippen LogP contribution in [-0.2, 0) is 9.47 Å². The first-order valence-corrected chi connectivity index (χ1v) is 5.80. The van der Waals surface area contributed by atoms with Crippen LogP contribution in [0.4, 0.5) is 0 Å². The Hall–Kier alpha value is -0.780. The lowest BCUT2D eigenvalue weighted by atomic mass is 10.2. The molecule has 15 heavy (non-hydrogen) atoms. The van der Waals surface area contributed by atoms with E-state index in [9.17, 15) is 0 Å². The van der Waals surface area contributed by atoms with Crippen molar-refractivity contribution in [2.24, 2.45) is 0 Å². The summed E-state index contributed by atoms with van der Waals surface area (Å²) in [4.78, 5) is 0. The highest BCUT2D eigenvalue weighted by molar-refractivity contribution is 5.14. The Kier molecular flexibility index (Phi) is 6.98. The Bertz CT molecular complexity index is 229. The second kappa shape index (κ2) is 8.52. The van der Waals surface area contributed by atoms with E-state index in [1.165, 1.54) is 12.8 Å². The summed E-state index contributed by atoms with van der Waals surface area (Å²) in [5.41, 5.74) is 0. The van der Waals surface area contributed by atoms with E-state index in [4.69, 9.17) is 9.47 Å². The molecule has 2 heteroatoms. The van der Waals surface area contributed by atoms with Crippen molar-refractivity contribution in [3.05, 3.63) is 12.2 Å². The maximum atomic E-state index is 5.54. The highest BCUT2D eigenvalue weighted by Gasteiger charge is 2.12. The standard InChI is InChI=1S/C13H20O2/c1-2-3-4-5-6-8-11-14-13-10-7-9-12-15-13/h3-4,13H,2,7-12H2,1H3/b4-3+. The topological polar surface area (TPSA) is 18.5 Å². The molecule has 0 radical (unpaired) electrons. The molecule has 1 aliphatic heterocycles. The van der Waals surface area contributed by atoms with Gasteiger partial charge in [0.2, 0.25) is 0 Å². The SMILES string of the molecule is CC/C=C/C#CCCOC1CCCCO1. The summed E-state index contributed by atoms with van der Waals surface area (Å²) in [6.45, 7) is 3.62. The van der Waals surface area contributed by atoms with Crippen LogP contribution in [0.3, 0.4) is 0 Å². The van der Waals surface area contributed by atoms with Gasteiger partial charge in [-0.15, -0.1) is 0 Å². The van der Waals surface area contributed by atoms with Crippen LogP contribution in [0.1, 0.15) is 39.0 Å². The van der Waals surface area contributed by atoms with Crippen LogP contribution in [0.25, 0.3) is 0 Å². The zero-order valence-electron chi connectivity index (χ0n) is 9.50. The molecular weight excluding hydrogens is 188 g/mol. The molecule has 0 aromatic rings. The van der Waals surface area contributed by atoms with Gasteiger partial charge < -0.3 is 9.47 Å². The van der Waals surface area contributed by atoms with E-state index in [0.29, 0.717) is 6.61 Å². The Morgan fingerprint density at radius 3 is 3.13 bits per heavy atom. The fraction of sp³-hybridized carbons (Fsp3) is 0.692. The van der Waals surface area contributed by atoms with Gasteiger partial charge in [0.05, 0.1) is 6.61 Å². The van der Waals surface area contributed by atoms with Gasteiger partial charge in [-0.3, -0.25) is 0 Å². The molecule has 0 spiro atoms. The quantitative estimate of drug-likeness (QED) is 0.522. The van der Waals surface area contributed by atoms with E-state index in [1.54, 1.807) is 0 Å². The number of ether oxygens (including phenoxy) is 2. The summed E-state index contributed by atoms with van der Waals surface area (Å²) in [5, 5.41) is 0. The number of rotatable bonds is 4. The van der Waals surface area contributed by atoms with Gasteiger partial charge in [0.1, 0.15) is 0 Å². The molecule has 0 aromatic carbocycles. The molecule has 1 unspecified atom stereocenters. The predicted molar refractivity (Wildman–Crippen MR) is 61.4 cm³/mol. The van der Waals surface area contributed by atoms with Crippen LogP contribution in [0.2, 0.25) is 0 Å². The second-order valence-electron chi connectivity index (χ2n) is 3.55. The van der Waals surface area contributed by atoms with Crippen LogP contribution < -0.4 is 0 Å². The molecule has 1 rings (SSSR count). The molecule has 1 atom stereocenters. The summed E-state index contributed by atoms with van der Waals surface area (Å²) < 4.78 is 11.0. The highest BCUT2D eigenvalue weighted by atomic mass is 16.7. The van der Waals surface area contributed by atoms with E-state index in [1.807, 2.05) is 6.08 Å². The van der Waals surface area contributed by atoms with Crippen LogP contribution >= 0.6 is 0 Å². The molecule has 0 aliphatic carbocycles. The molecule has 2 nitrogen and oxygen atoms in total. The van der Waals surface area contributed by atoms with Crippen molar-refractivity contribution in [2.75, 3.05) is 13.2 Å². The smallest absolute Gasteiger partial charge is 0.157 e. The van der Waals surface area contributed by atoms with Gasteiger partial charge in [0, 0.05) is 13.0 Å². The van der Waals surface area contributed by atoms with E-state index in [2.05, 4.69) is 24.8 Å². The lowest BCUT2D eigenvalue weighted by Gasteiger charge is -2.22. The van der Waals surface area contributed by atoms with Gasteiger partial charge in [0.15, 0.2) is 6.29 Å². The largest absolute Gasteiger partial charge is 0.353 e. The number of hydrogen-bond acceptors (Lipinski definition) is 2. The predicted octanol–water partition coefficient (Wildman–Crippen LogP) is 2.89. The average molecular weight is 208 g/mol. The molecular formula is C13H20O2. The van der Waals surface area contributed by atoms with E-state index < -0.39 is 0 Å². The van der Waals surface area contributed by atoms with Crippen LogP contribution in [0.15, 0.2) is 12.2 Å². The molecule has 0 aromatic heterocycles. The summed E-state index contributed by atoms with van der Waals surface area (Å²) >= 11 is 0. The van der Waals surface area contributed by atoms with Crippen molar-refractivity contribution < 1.29 is 9.47 Å². The zero-order valence-corrected chi connectivity index (χ0v) is 9.50. The van der Waals surface area contributed by atoms with Crippen molar-refractivity contribution in [1.29, 1.82) is 0 Å². The Balaban J connectivity index is 1.99. The molecule has 1 saturated heterocycles. The minimum absolute atomic E-state index is 0.0201. The first kappa shape index (κ1) is 12.3. The van der Waals surface area contributed by atoms with Gasteiger partial charge in [-0.25, -0.2) is 0 Å². The summed E-state index contributed by atoms with van der Waals surface area (Å²) in [7, 11) is 0. The van der Waals surface area contributed by atoms with Crippen molar-refractivity contribution in [1.82, 2.24) is 0 Å². The third-order valence-electron chi connectivity index (χ3n) is 2.21. The maximum Gasteiger partial charge on any atom is 0.157 e. The third-order valence-corrected chi connectivity index (χ3v) is 2.21. The summed E-state index contributed by atoms with van der Waals surface area (Å²) in [6, 6.07) is 0. The zero-order chi connectivity index (χ0) is 10.8. The average Bonchev–Trinajstić information content (AvgIpc) is 2.29. The van der Waals surface area contributed by atoms with E-state index >= 15 is 0 Å². The molecule has 84 valence electrons. The number of allylic oxidation sites excluding steroid dienone is 2. The van der Waals surface area contributed by atoms with Crippen LogP contribution in [-0.4, -0.2) is 19.5 Å². The van der Waals surface area contributed by atoms with Crippen LogP contribution in [0.5, 0.6) is 0 Å². The van der Waals surface area contributed by atoms with Crippen molar-refractivity contribution in [2.45, 2.75) is 45.3 Å². The lowest BCUT2D eigenvalue weighted by molar-refractivity contribution is -0.161. The fourth-order valence-electron chi connectivity index (χ4n) is 1.39. The van der Waals surface area contributed by atoms with Gasteiger partial charge in [-0.2, -0.15) is 0 Å². The first-order valence-electron chi connectivity index (χ1n) is 5.80. The Morgan fingerprint density at radius 1 is 1.47 bits per heavy atom. The maximum absolute atomic E-state index is 5.54. The summed E-state index contributed by atoms with van der Waals surface area (Å²) in [6.07, 6.45) is 9.22. The molecule has 1 fully saturated rings. The van der Waals surface area contributed by atoms with Gasteiger partial charge >= 0.3 is 0 Å². The lowest BCUT2D eigenvalue weighted by Crippen LogP contribution is -2.22. The molecule has 0 saturated carbocycles. The van der Waals surface area contributed by atoms with Crippen molar-refractivity contribution >= 4 is 0 Å². The van der Waals surface area contributed by atoms with Gasteiger partial charge in [-0.05, 0) is 31.8 Å². The molecule has 0 amide bonds. The Labute approximate surface area is 92.6 Å². The van der Waals surface area contributed by atoms with Crippen molar-refractivity contribution in [3.8, 4) is 11.8 Å². The van der Waals surface area contributed by atoms with Crippen LogP contribution in [0, 0.1) is 11.8 Å². The van der Waals surface area contributed by atoms with Crippen molar-refractivity contribution in [3.63, 3.8) is 0 Å². The first-order chi connectivity index (χ1) is 7.43. The Morgan fingerprint density at radius 2 is 2.40 bits per heavy atom. The minimum atomic E-state index is 0.0201. The molecule has 1 heterocycles. The fourth-order valence-corrected chi connectivity index (χ4v) is 1.39. The van der Waals surface area contributed by atoms with E-state index in [-0.39, 0.29) is 6.29 Å². The molecule has 0 bridgehead atoms. The van der Waals surface area contributed by atoms with Gasteiger partial charge in [-0.1, -0.05) is 24.8 Å². The van der Waals surface area contributed by atoms with E-state index in [0.717, 1.165) is 25.9 Å². The second-order valence-corrected chi connectivity index (χ2v) is 3.55. The molecule has 0 N–H and O–H groups in total. The highest BCUT2D eigenvalue weighted by Crippen LogP contribution is 2.13. The monoisotopic (exact) mass is 208 g/mol.